The van der Waals surface area contributed by atoms with Gasteiger partial charge in [0.25, 0.3) is 0 Å². The van der Waals surface area contributed by atoms with Gasteiger partial charge in [-0.2, -0.15) is 0 Å². The first-order valence-electron chi connectivity index (χ1n) is 11.9. The molecule has 1 N–H and O–H groups in total. The number of hydrogen-bond donors (Lipinski definition) is 1. The fraction of sp³-hybridized carbons (Fsp3) is 0.286. The Labute approximate surface area is 210 Å². The van der Waals surface area contributed by atoms with Gasteiger partial charge in [-0.3, -0.25) is 9.69 Å². The molecule has 4 aromatic rings. The van der Waals surface area contributed by atoms with Crippen molar-refractivity contribution in [2.45, 2.75) is 42.6 Å². The molecular weight excluding hydrogens is 456 g/mol. The molecular formula is C28H30N4O2S. The van der Waals surface area contributed by atoms with Crippen molar-refractivity contribution >= 4 is 23.3 Å². The number of aryl methyl sites for hydroxylation is 1. The minimum absolute atomic E-state index is 0.0625. The topological polar surface area (TPSA) is 58.9 Å². The monoisotopic (exact) mass is 486 g/mol. The fourth-order valence-corrected chi connectivity index (χ4v) is 5.88. The molecule has 35 heavy (non-hydrogen) atoms. The highest BCUT2D eigenvalue weighted by Gasteiger charge is 2.37. The molecule has 1 aliphatic heterocycles. The molecule has 1 fully saturated rings. The van der Waals surface area contributed by atoms with Gasteiger partial charge in [-0.05, 0) is 55.3 Å². The van der Waals surface area contributed by atoms with Crippen LogP contribution in [0.3, 0.4) is 0 Å². The molecule has 5 rings (SSSR count). The van der Waals surface area contributed by atoms with Crippen molar-refractivity contribution in [2.24, 2.45) is 0 Å². The Morgan fingerprint density at radius 2 is 2.00 bits per heavy atom. The largest absolute Gasteiger partial charge is 0.497 e. The number of likely N-dealkylation sites (tertiary alicyclic amines) is 1. The first-order valence-corrected chi connectivity index (χ1v) is 12.8. The molecule has 0 saturated carbocycles. The maximum atomic E-state index is 13.4. The van der Waals surface area contributed by atoms with Crippen molar-refractivity contribution in [3.05, 3.63) is 95.9 Å². The first-order chi connectivity index (χ1) is 17.1. The van der Waals surface area contributed by atoms with Gasteiger partial charge < -0.3 is 14.5 Å². The van der Waals surface area contributed by atoms with Gasteiger partial charge in [-0.25, -0.2) is 4.98 Å². The second kappa shape index (κ2) is 10.5. The molecule has 1 saturated heterocycles. The molecule has 0 unspecified atom stereocenters. The van der Waals surface area contributed by atoms with E-state index in [9.17, 15) is 4.79 Å². The van der Waals surface area contributed by atoms with Gasteiger partial charge >= 0.3 is 0 Å². The molecule has 0 spiro atoms. The molecule has 180 valence electrons. The summed E-state index contributed by atoms with van der Waals surface area (Å²) in [7, 11) is 1.68. The van der Waals surface area contributed by atoms with Crippen LogP contribution in [-0.2, 0) is 17.9 Å². The van der Waals surface area contributed by atoms with E-state index in [1.165, 1.54) is 16.0 Å². The smallest absolute Gasteiger partial charge is 0.237 e. The van der Waals surface area contributed by atoms with Crippen LogP contribution < -0.4 is 10.1 Å². The number of carbonyl (C=O) groups excluding carboxylic acids is 1. The van der Waals surface area contributed by atoms with E-state index in [0.717, 1.165) is 36.6 Å². The van der Waals surface area contributed by atoms with E-state index in [2.05, 4.69) is 58.5 Å². The fourth-order valence-electron chi connectivity index (χ4n) is 4.65. The summed E-state index contributed by atoms with van der Waals surface area (Å²) in [5.41, 5.74) is 4.21. The van der Waals surface area contributed by atoms with Crippen LogP contribution in [0.5, 0.6) is 5.75 Å². The number of nitrogens with one attached hydrogen (secondary N) is 1. The number of nitrogens with zero attached hydrogens (tertiary/aromatic N) is 3. The number of fused-ring (bicyclic) bond motifs is 1. The summed E-state index contributed by atoms with van der Waals surface area (Å²) in [5.74, 6) is 0.915. The number of thioether (sulfide) groups is 1. The number of ether oxygens (including phenoxy) is 1. The third-order valence-electron chi connectivity index (χ3n) is 6.36. The third-order valence-corrected chi connectivity index (χ3v) is 7.57. The highest BCUT2D eigenvalue weighted by Crippen LogP contribution is 2.34. The van der Waals surface area contributed by atoms with Crippen molar-refractivity contribution < 1.29 is 9.53 Å². The predicted octanol–water partition coefficient (Wildman–Crippen LogP) is 4.70. The van der Waals surface area contributed by atoms with Crippen molar-refractivity contribution in [3.8, 4) is 5.75 Å². The third kappa shape index (κ3) is 5.69. The average Bonchev–Trinajstić information content (AvgIpc) is 3.46. The standard InChI is InChI=1S/C28H30N4O2S/c1-20-6-5-7-21(14-20)17-32-19-25(35-24-11-9-23(34-2)10-12-24)15-26(32)28(33)29-16-22-18-31-13-4-3-8-27(31)30-22/h3-14,18,25-26H,15-17,19H2,1-2H3,(H,29,33)/t25-,26+/m1/s1. The molecule has 0 aliphatic carbocycles. The molecule has 1 aliphatic rings. The molecule has 7 heteroatoms. The van der Waals surface area contributed by atoms with Crippen LogP contribution in [-0.4, -0.2) is 45.1 Å². The minimum atomic E-state index is -0.178. The van der Waals surface area contributed by atoms with Crippen LogP contribution in [0.2, 0.25) is 0 Å². The van der Waals surface area contributed by atoms with Gasteiger partial charge in [0, 0.05) is 35.6 Å². The summed E-state index contributed by atoms with van der Waals surface area (Å²) in [6, 6.07) is 22.4. The number of pyridine rings is 1. The Morgan fingerprint density at radius 1 is 1.14 bits per heavy atom. The van der Waals surface area contributed by atoms with E-state index in [4.69, 9.17) is 4.74 Å². The van der Waals surface area contributed by atoms with E-state index in [1.54, 1.807) is 7.11 Å². The van der Waals surface area contributed by atoms with E-state index in [1.807, 2.05) is 58.9 Å². The number of amides is 1. The molecule has 1 amide bonds. The zero-order valence-electron chi connectivity index (χ0n) is 20.1. The van der Waals surface area contributed by atoms with Crippen molar-refractivity contribution in [1.29, 1.82) is 0 Å². The highest BCUT2D eigenvalue weighted by molar-refractivity contribution is 8.00. The number of benzene rings is 2. The van der Waals surface area contributed by atoms with E-state index in [-0.39, 0.29) is 11.9 Å². The zero-order chi connectivity index (χ0) is 24.2. The lowest BCUT2D eigenvalue weighted by Gasteiger charge is -2.23. The van der Waals surface area contributed by atoms with Crippen molar-refractivity contribution in [1.82, 2.24) is 19.6 Å². The quantitative estimate of drug-likeness (QED) is 0.391. The summed E-state index contributed by atoms with van der Waals surface area (Å²) < 4.78 is 7.26. The van der Waals surface area contributed by atoms with Gasteiger partial charge in [0.05, 0.1) is 25.4 Å². The van der Waals surface area contributed by atoms with Gasteiger partial charge in [0.2, 0.25) is 5.91 Å². The second-order valence-corrected chi connectivity index (χ2v) is 10.4. The first kappa shape index (κ1) is 23.5. The predicted molar refractivity (Wildman–Crippen MR) is 140 cm³/mol. The maximum Gasteiger partial charge on any atom is 0.237 e. The van der Waals surface area contributed by atoms with Crippen molar-refractivity contribution in [3.63, 3.8) is 0 Å². The lowest BCUT2D eigenvalue weighted by Crippen LogP contribution is -2.42. The van der Waals surface area contributed by atoms with Crippen molar-refractivity contribution in [2.75, 3.05) is 13.7 Å². The molecule has 6 nitrogen and oxygen atoms in total. The number of carbonyl (C=O) groups is 1. The van der Waals surface area contributed by atoms with Crippen LogP contribution in [0, 0.1) is 6.92 Å². The number of methoxy groups -OCH3 is 1. The van der Waals surface area contributed by atoms with Gasteiger partial charge in [-0.1, -0.05) is 35.9 Å². The summed E-state index contributed by atoms with van der Waals surface area (Å²) in [4.78, 5) is 21.5. The number of aromatic nitrogens is 2. The Hall–Kier alpha value is -3.29. The highest BCUT2D eigenvalue weighted by atomic mass is 32.2. The van der Waals surface area contributed by atoms with Crippen LogP contribution in [0.25, 0.3) is 5.65 Å². The van der Waals surface area contributed by atoms with E-state index < -0.39 is 0 Å². The lowest BCUT2D eigenvalue weighted by atomic mass is 10.1. The Balaban J connectivity index is 1.28. The number of hydrogen-bond acceptors (Lipinski definition) is 5. The Morgan fingerprint density at radius 3 is 2.77 bits per heavy atom. The zero-order valence-corrected chi connectivity index (χ0v) is 20.9. The second-order valence-electron chi connectivity index (χ2n) is 9.00. The van der Waals surface area contributed by atoms with Gasteiger partial charge in [-0.15, -0.1) is 11.8 Å². The van der Waals surface area contributed by atoms with Crippen LogP contribution in [0.4, 0.5) is 0 Å². The summed E-state index contributed by atoms with van der Waals surface area (Å²) in [6.07, 6.45) is 4.74. The SMILES string of the molecule is COc1ccc(S[C@@H]2C[C@@H](C(=O)NCc3cn4ccccc4n3)N(Cc3cccc(C)c3)C2)cc1. The van der Waals surface area contributed by atoms with Gasteiger partial charge in [0.1, 0.15) is 11.4 Å². The lowest BCUT2D eigenvalue weighted by molar-refractivity contribution is -0.125. The molecule has 0 radical (unpaired) electrons. The molecule has 2 aromatic carbocycles. The number of rotatable bonds is 8. The van der Waals surface area contributed by atoms with Crippen LogP contribution in [0.1, 0.15) is 23.2 Å². The average molecular weight is 487 g/mol. The maximum absolute atomic E-state index is 13.4. The Kier molecular flexibility index (Phi) is 7.06. The van der Waals surface area contributed by atoms with Gasteiger partial charge in [0.15, 0.2) is 0 Å². The summed E-state index contributed by atoms with van der Waals surface area (Å²) >= 11 is 1.83. The minimum Gasteiger partial charge on any atom is -0.497 e. The van der Waals surface area contributed by atoms with E-state index in [0.29, 0.717) is 11.8 Å². The number of imidazole rings is 1. The summed E-state index contributed by atoms with van der Waals surface area (Å²) in [6.45, 7) is 4.14. The van der Waals surface area contributed by atoms with Crippen LogP contribution in [0.15, 0.2) is 84.0 Å². The van der Waals surface area contributed by atoms with E-state index >= 15 is 0 Å². The molecule has 0 bridgehead atoms. The normalized spacial score (nSPS) is 18.1. The Bertz CT molecular complexity index is 1270. The molecule has 2 aromatic heterocycles. The van der Waals surface area contributed by atoms with Crippen LogP contribution >= 0.6 is 11.8 Å². The molecule has 2 atom stereocenters. The summed E-state index contributed by atoms with van der Waals surface area (Å²) in [5, 5.41) is 3.48. The molecule has 3 heterocycles.